The highest BCUT2D eigenvalue weighted by atomic mass is 16.2. The molecular weight excluding hydrogens is 262 g/mol. The van der Waals surface area contributed by atoms with Crippen molar-refractivity contribution >= 4 is 5.91 Å². The molecule has 0 aliphatic carbocycles. The lowest BCUT2D eigenvalue weighted by Gasteiger charge is -2.44. The topological polar surface area (TPSA) is 49.6 Å². The summed E-state index contributed by atoms with van der Waals surface area (Å²) in [6.07, 6.45) is 3.80. The Bertz CT molecular complexity index is 499. The van der Waals surface area contributed by atoms with Crippen LogP contribution in [0, 0.1) is 6.92 Å². The minimum atomic E-state index is -0.527. The van der Waals surface area contributed by atoms with Crippen LogP contribution < -0.4 is 5.73 Å². The highest BCUT2D eigenvalue weighted by Crippen LogP contribution is 2.23. The first-order valence-electron chi connectivity index (χ1n) is 8.00. The molecule has 2 heterocycles. The molecule has 2 atom stereocenters. The quantitative estimate of drug-likeness (QED) is 0.900. The van der Waals surface area contributed by atoms with E-state index in [1.54, 1.807) is 0 Å². The minimum absolute atomic E-state index is 0.0732. The average Bonchev–Trinajstić information content (AvgIpc) is 2.54. The Labute approximate surface area is 126 Å². The lowest BCUT2D eigenvalue weighted by Crippen LogP contribution is -2.57. The van der Waals surface area contributed by atoms with Gasteiger partial charge in [-0.2, -0.15) is 0 Å². The zero-order valence-corrected chi connectivity index (χ0v) is 12.8. The third-order valence-electron chi connectivity index (χ3n) is 4.85. The summed E-state index contributed by atoms with van der Waals surface area (Å²) in [6, 6.07) is 7.98. The highest BCUT2D eigenvalue weighted by molar-refractivity contribution is 5.83. The summed E-state index contributed by atoms with van der Waals surface area (Å²) in [5.74, 6) is 0.0732. The maximum atomic E-state index is 12.6. The summed E-state index contributed by atoms with van der Waals surface area (Å²) in [4.78, 5) is 17.1. The summed E-state index contributed by atoms with van der Waals surface area (Å²) < 4.78 is 0. The van der Waals surface area contributed by atoms with E-state index in [4.69, 9.17) is 5.73 Å². The maximum Gasteiger partial charge on any atom is 0.244 e. The van der Waals surface area contributed by atoms with Crippen molar-refractivity contribution in [1.82, 2.24) is 9.80 Å². The second kappa shape index (κ2) is 6.16. The first-order valence-corrected chi connectivity index (χ1v) is 8.00. The lowest BCUT2D eigenvalue weighted by molar-refractivity contribution is -0.136. The predicted octanol–water partition coefficient (Wildman–Crippen LogP) is 1.69. The SMILES string of the molecule is Cc1ccc(C(N)C(=O)N2CCN3CCCCC3C2)cc1. The molecule has 2 N–H and O–H groups in total. The molecule has 1 amide bonds. The minimum Gasteiger partial charge on any atom is -0.338 e. The van der Waals surface area contributed by atoms with E-state index in [1.807, 2.05) is 36.1 Å². The van der Waals surface area contributed by atoms with Gasteiger partial charge >= 0.3 is 0 Å². The van der Waals surface area contributed by atoms with Crippen molar-refractivity contribution in [3.05, 3.63) is 35.4 Å². The molecule has 4 nitrogen and oxygen atoms in total. The van der Waals surface area contributed by atoms with E-state index in [0.29, 0.717) is 6.04 Å². The van der Waals surface area contributed by atoms with Crippen LogP contribution in [0.2, 0.25) is 0 Å². The number of amides is 1. The molecule has 0 aromatic heterocycles. The lowest BCUT2D eigenvalue weighted by atomic mass is 9.98. The third-order valence-corrected chi connectivity index (χ3v) is 4.85. The first kappa shape index (κ1) is 14.5. The normalized spacial score (nSPS) is 24.5. The van der Waals surface area contributed by atoms with Crippen LogP contribution in [0.4, 0.5) is 0 Å². The van der Waals surface area contributed by atoms with Gasteiger partial charge < -0.3 is 10.6 Å². The molecule has 0 spiro atoms. The van der Waals surface area contributed by atoms with Crippen LogP contribution in [0.3, 0.4) is 0 Å². The summed E-state index contributed by atoms with van der Waals surface area (Å²) >= 11 is 0. The van der Waals surface area contributed by atoms with E-state index >= 15 is 0 Å². The number of aryl methyl sites for hydroxylation is 1. The number of fused-ring (bicyclic) bond motifs is 1. The Morgan fingerprint density at radius 3 is 2.71 bits per heavy atom. The molecular formula is C17H25N3O. The van der Waals surface area contributed by atoms with Gasteiger partial charge in [0, 0.05) is 25.7 Å². The van der Waals surface area contributed by atoms with Crippen molar-refractivity contribution in [2.45, 2.75) is 38.3 Å². The number of nitrogens with zero attached hydrogens (tertiary/aromatic N) is 2. The smallest absolute Gasteiger partial charge is 0.244 e. The molecule has 1 aromatic carbocycles. The number of piperazine rings is 1. The fourth-order valence-electron chi connectivity index (χ4n) is 3.47. The number of rotatable bonds is 2. The second-order valence-corrected chi connectivity index (χ2v) is 6.36. The number of nitrogens with two attached hydrogens (primary N) is 1. The van der Waals surface area contributed by atoms with E-state index in [9.17, 15) is 4.79 Å². The van der Waals surface area contributed by atoms with E-state index < -0.39 is 6.04 Å². The van der Waals surface area contributed by atoms with Crippen LogP contribution in [0.5, 0.6) is 0 Å². The molecule has 2 saturated heterocycles. The summed E-state index contributed by atoms with van der Waals surface area (Å²) in [6.45, 7) is 5.89. The Morgan fingerprint density at radius 1 is 1.19 bits per heavy atom. The van der Waals surface area contributed by atoms with Crippen molar-refractivity contribution in [2.24, 2.45) is 5.73 Å². The van der Waals surface area contributed by atoms with Crippen LogP contribution in [-0.4, -0.2) is 47.9 Å². The number of carbonyl (C=O) groups excluding carboxylic acids is 1. The standard InChI is InChI=1S/C17H25N3O/c1-13-5-7-14(8-6-13)16(18)17(21)20-11-10-19-9-3-2-4-15(19)12-20/h5-8,15-16H,2-4,9-12,18H2,1H3. The molecule has 3 rings (SSSR count). The van der Waals surface area contributed by atoms with Gasteiger partial charge in [0.05, 0.1) is 0 Å². The van der Waals surface area contributed by atoms with Crippen LogP contribution in [0.1, 0.15) is 36.4 Å². The Balaban J connectivity index is 1.66. The van der Waals surface area contributed by atoms with E-state index in [2.05, 4.69) is 4.90 Å². The molecule has 2 aliphatic heterocycles. The fourth-order valence-corrected chi connectivity index (χ4v) is 3.47. The Kier molecular flexibility index (Phi) is 4.27. The van der Waals surface area contributed by atoms with E-state index in [1.165, 1.54) is 31.4 Å². The van der Waals surface area contributed by atoms with E-state index in [0.717, 1.165) is 25.2 Å². The number of hydrogen-bond acceptors (Lipinski definition) is 3. The zero-order valence-electron chi connectivity index (χ0n) is 12.8. The molecule has 0 radical (unpaired) electrons. The molecule has 0 saturated carbocycles. The first-order chi connectivity index (χ1) is 10.1. The number of hydrogen-bond donors (Lipinski definition) is 1. The monoisotopic (exact) mass is 287 g/mol. The highest BCUT2D eigenvalue weighted by Gasteiger charge is 2.32. The summed E-state index contributed by atoms with van der Waals surface area (Å²) in [5.41, 5.74) is 8.29. The number of piperidine rings is 1. The molecule has 0 bridgehead atoms. The molecule has 2 unspecified atom stereocenters. The van der Waals surface area contributed by atoms with Gasteiger partial charge in [0.15, 0.2) is 0 Å². The summed E-state index contributed by atoms with van der Waals surface area (Å²) in [7, 11) is 0. The van der Waals surface area contributed by atoms with Crippen LogP contribution in [0.15, 0.2) is 24.3 Å². The van der Waals surface area contributed by atoms with Gasteiger partial charge in [-0.05, 0) is 31.9 Å². The van der Waals surface area contributed by atoms with Crippen molar-refractivity contribution in [3.63, 3.8) is 0 Å². The van der Waals surface area contributed by atoms with Crippen molar-refractivity contribution in [3.8, 4) is 0 Å². The molecule has 21 heavy (non-hydrogen) atoms. The zero-order chi connectivity index (χ0) is 14.8. The van der Waals surface area contributed by atoms with Gasteiger partial charge in [0.25, 0.3) is 0 Å². The summed E-state index contributed by atoms with van der Waals surface area (Å²) in [5, 5.41) is 0. The van der Waals surface area contributed by atoms with E-state index in [-0.39, 0.29) is 5.91 Å². The van der Waals surface area contributed by atoms with Gasteiger partial charge in [-0.25, -0.2) is 0 Å². The largest absolute Gasteiger partial charge is 0.338 e. The maximum absolute atomic E-state index is 12.6. The number of carbonyl (C=O) groups is 1. The van der Waals surface area contributed by atoms with Gasteiger partial charge in [-0.1, -0.05) is 36.2 Å². The van der Waals surface area contributed by atoms with Crippen molar-refractivity contribution in [2.75, 3.05) is 26.2 Å². The molecule has 114 valence electrons. The van der Waals surface area contributed by atoms with Gasteiger partial charge in [0.2, 0.25) is 5.91 Å². The van der Waals surface area contributed by atoms with Gasteiger partial charge in [-0.3, -0.25) is 9.69 Å². The van der Waals surface area contributed by atoms with Crippen LogP contribution in [-0.2, 0) is 4.79 Å². The molecule has 4 heteroatoms. The van der Waals surface area contributed by atoms with Crippen molar-refractivity contribution in [1.29, 1.82) is 0 Å². The van der Waals surface area contributed by atoms with Crippen LogP contribution >= 0.6 is 0 Å². The van der Waals surface area contributed by atoms with Crippen LogP contribution in [0.25, 0.3) is 0 Å². The van der Waals surface area contributed by atoms with Gasteiger partial charge in [0.1, 0.15) is 6.04 Å². The Hall–Kier alpha value is -1.39. The van der Waals surface area contributed by atoms with Crippen molar-refractivity contribution < 1.29 is 4.79 Å². The van der Waals surface area contributed by atoms with Gasteiger partial charge in [-0.15, -0.1) is 0 Å². The Morgan fingerprint density at radius 2 is 1.95 bits per heavy atom. The second-order valence-electron chi connectivity index (χ2n) is 6.36. The number of benzene rings is 1. The molecule has 2 fully saturated rings. The molecule has 2 aliphatic rings. The average molecular weight is 287 g/mol. The third kappa shape index (κ3) is 3.11. The predicted molar refractivity (Wildman–Crippen MR) is 83.9 cm³/mol. The molecule has 1 aromatic rings. The fraction of sp³-hybridized carbons (Fsp3) is 0.588.